The fraction of sp³-hybridized carbons (Fsp3) is 0.217. The van der Waals surface area contributed by atoms with Crippen molar-refractivity contribution >= 4 is 17.5 Å². The number of benzene rings is 1. The van der Waals surface area contributed by atoms with E-state index in [-0.39, 0.29) is 28.9 Å². The van der Waals surface area contributed by atoms with Gasteiger partial charge in [0.15, 0.2) is 17.1 Å². The van der Waals surface area contributed by atoms with Gasteiger partial charge in [-0.05, 0) is 43.2 Å². The van der Waals surface area contributed by atoms with E-state index in [4.69, 9.17) is 8.94 Å². The minimum Gasteiger partial charge on any atom is -0.461 e. The lowest BCUT2D eigenvalue weighted by Crippen LogP contribution is -2.38. The van der Waals surface area contributed by atoms with Crippen LogP contribution in [-0.4, -0.2) is 45.2 Å². The summed E-state index contributed by atoms with van der Waals surface area (Å²) >= 11 is 0. The monoisotopic (exact) mass is 449 g/mol. The lowest BCUT2D eigenvalue weighted by molar-refractivity contribution is 0.0701. The molecule has 10 heteroatoms. The highest BCUT2D eigenvalue weighted by atomic mass is 19.1. The maximum absolute atomic E-state index is 13.8. The molecule has 168 valence electrons. The van der Waals surface area contributed by atoms with Crippen LogP contribution in [0.1, 0.15) is 45.4 Å². The minimum absolute atomic E-state index is 0.0990. The first kappa shape index (κ1) is 20.7. The number of likely N-dealkylation sites (tertiary alicyclic amines) is 1. The van der Waals surface area contributed by atoms with Gasteiger partial charge in [0, 0.05) is 30.8 Å². The van der Waals surface area contributed by atoms with Gasteiger partial charge in [-0.1, -0.05) is 17.3 Å². The smallest absolute Gasteiger partial charge is 0.276 e. The van der Waals surface area contributed by atoms with Crippen molar-refractivity contribution in [3.8, 4) is 11.5 Å². The number of para-hydroxylation sites is 1. The van der Waals surface area contributed by atoms with Crippen LogP contribution in [0.4, 0.5) is 10.1 Å². The Morgan fingerprint density at radius 2 is 1.88 bits per heavy atom. The number of carbonyl (C=O) groups excluding carboxylic acids is 2. The summed E-state index contributed by atoms with van der Waals surface area (Å²) in [6.45, 7) is 1.06. The second-order valence-corrected chi connectivity index (χ2v) is 7.76. The van der Waals surface area contributed by atoms with Crippen LogP contribution in [-0.2, 0) is 0 Å². The van der Waals surface area contributed by atoms with Crippen molar-refractivity contribution in [3.63, 3.8) is 0 Å². The number of piperidine rings is 1. The zero-order chi connectivity index (χ0) is 22.8. The first-order valence-electron chi connectivity index (χ1n) is 10.5. The Labute approximate surface area is 187 Å². The number of nitrogens with one attached hydrogen (secondary N) is 2. The van der Waals surface area contributed by atoms with Crippen molar-refractivity contribution in [2.24, 2.45) is 0 Å². The van der Waals surface area contributed by atoms with Gasteiger partial charge in [-0.15, -0.1) is 0 Å². The number of halogens is 1. The third-order valence-electron chi connectivity index (χ3n) is 5.67. The predicted octanol–water partition coefficient (Wildman–Crippen LogP) is 4.07. The van der Waals surface area contributed by atoms with Crippen LogP contribution in [0.15, 0.2) is 63.7 Å². The molecule has 1 fully saturated rings. The molecular weight excluding hydrogens is 429 g/mol. The highest BCUT2D eigenvalue weighted by molar-refractivity contribution is 6.03. The molecule has 0 unspecified atom stereocenters. The number of furan rings is 1. The molecule has 0 radical (unpaired) electrons. The summed E-state index contributed by atoms with van der Waals surface area (Å²) in [5.74, 6) is -0.181. The molecular formula is C23H20FN5O4. The van der Waals surface area contributed by atoms with Crippen LogP contribution < -0.4 is 5.32 Å². The summed E-state index contributed by atoms with van der Waals surface area (Å²) in [5, 5.41) is 13.4. The zero-order valence-electron chi connectivity index (χ0n) is 17.5. The van der Waals surface area contributed by atoms with Crippen LogP contribution in [0, 0.1) is 5.82 Å². The van der Waals surface area contributed by atoms with E-state index in [1.807, 2.05) is 0 Å². The molecule has 0 atom stereocenters. The Kier molecular flexibility index (Phi) is 5.47. The van der Waals surface area contributed by atoms with Gasteiger partial charge in [0.05, 0.1) is 12.0 Å². The number of anilines is 1. The molecule has 1 saturated heterocycles. The SMILES string of the molecule is O=C(Nc1ccccc1F)c1cc(C2CCN(C(=O)c3cc(-c4ccco4)on3)CC2)[nH]n1. The summed E-state index contributed by atoms with van der Waals surface area (Å²) in [5.41, 5.74) is 1.32. The first-order chi connectivity index (χ1) is 16.1. The Bertz CT molecular complexity index is 1270. The lowest BCUT2D eigenvalue weighted by atomic mass is 9.93. The van der Waals surface area contributed by atoms with E-state index in [2.05, 4.69) is 20.7 Å². The number of H-pyrrole nitrogens is 1. The van der Waals surface area contributed by atoms with Gasteiger partial charge < -0.3 is 19.2 Å². The van der Waals surface area contributed by atoms with Crippen LogP contribution in [0.5, 0.6) is 0 Å². The van der Waals surface area contributed by atoms with Gasteiger partial charge in [-0.25, -0.2) is 4.39 Å². The first-order valence-corrected chi connectivity index (χ1v) is 10.5. The molecule has 1 aromatic carbocycles. The van der Waals surface area contributed by atoms with Gasteiger partial charge in [-0.2, -0.15) is 5.10 Å². The van der Waals surface area contributed by atoms with Crippen molar-refractivity contribution in [1.82, 2.24) is 20.3 Å². The van der Waals surface area contributed by atoms with E-state index in [0.29, 0.717) is 37.5 Å². The Balaban J connectivity index is 1.18. The third kappa shape index (κ3) is 4.27. The highest BCUT2D eigenvalue weighted by Crippen LogP contribution is 2.29. The molecule has 1 aliphatic heterocycles. The molecule has 0 bridgehead atoms. The average Bonchev–Trinajstić information content (AvgIpc) is 3.61. The molecule has 9 nitrogen and oxygen atoms in total. The molecule has 2 N–H and O–H groups in total. The zero-order valence-corrected chi connectivity index (χ0v) is 17.5. The summed E-state index contributed by atoms with van der Waals surface area (Å²) in [7, 11) is 0. The van der Waals surface area contributed by atoms with Crippen molar-refractivity contribution < 1.29 is 22.9 Å². The average molecular weight is 449 g/mol. The van der Waals surface area contributed by atoms with Gasteiger partial charge in [0.1, 0.15) is 5.82 Å². The van der Waals surface area contributed by atoms with Crippen LogP contribution in [0.3, 0.4) is 0 Å². The number of carbonyl (C=O) groups is 2. The number of rotatable bonds is 5. The van der Waals surface area contributed by atoms with Crippen molar-refractivity contribution in [2.45, 2.75) is 18.8 Å². The molecule has 1 aliphatic rings. The second-order valence-electron chi connectivity index (χ2n) is 7.76. The quantitative estimate of drug-likeness (QED) is 0.474. The van der Waals surface area contributed by atoms with E-state index in [1.54, 1.807) is 41.3 Å². The maximum Gasteiger partial charge on any atom is 0.276 e. The van der Waals surface area contributed by atoms with Crippen molar-refractivity contribution in [1.29, 1.82) is 0 Å². The van der Waals surface area contributed by atoms with Crippen molar-refractivity contribution in [2.75, 3.05) is 18.4 Å². The molecule has 4 aromatic rings. The number of aromatic amines is 1. The van der Waals surface area contributed by atoms with E-state index >= 15 is 0 Å². The molecule has 4 heterocycles. The number of nitrogens with zero attached hydrogens (tertiary/aromatic N) is 3. The van der Waals surface area contributed by atoms with E-state index < -0.39 is 11.7 Å². The largest absolute Gasteiger partial charge is 0.461 e. The highest BCUT2D eigenvalue weighted by Gasteiger charge is 2.28. The van der Waals surface area contributed by atoms with Crippen molar-refractivity contribution in [3.05, 3.63) is 77.7 Å². The molecule has 3 aromatic heterocycles. The topological polar surface area (TPSA) is 117 Å². The van der Waals surface area contributed by atoms with Gasteiger partial charge in [0.2, 0.25) is 5.76 Å². The van der Waals surface area contributed by atoms with Gasteiger partial charge >= 0.3 is 0 Å². The third-order valence-corrected chi connectivity index (χ3v) is 5.67. The van der Waals surface area contributed by atoms with Crippen LogP contribution in [0.2, 0.25) is 0 Å². The van der Waals surface area contributed by atoms with Crippen LogP contribution in [0.25, 0.3) is 11.5 Å². The Morgan fingerprint density at radius 1 is 1.06 bits per heavy atom. The fourth-order valence-corrected chi connectivity index (χ4v) is 3.88. The maximum atomic E-state index is 13.8. The van der Waals surface area contributed by atoms with Gasteiger partial charge in [-0.3, -0.25) is 14.7 Å². The molecule has 0 saturated carbocycles. The number of hydrogen-bond donors (Lipinski definition) is 2. The van der Waals surface area contributed by atoms with E-state index in [1.165, 1.54) is 18.4 Å². The fourth-order valence-electron chi connectivity index (χ4n) is 3.88. The second kappa shape index (κ2) is 8.73. The van der Waals surface area contributed by atoms with Gasteiger partial charge in [0.25, 0.3) is 11.8 Å². The summed E-state index contributed by atoms with van der Waals surface area (Å²) in [6.07, 6.45) is 2.92. The summed E-state index contributed by atoms with van der Waals surface area (Å²) < 4.78 is 24.3. The van der Waals surface area contributed by atoms with E-state index in [9.17, 15) is 14.0 Å². The number of hydrogen-bond acceptors (Lipinski definition) is 6. The summed E-state index contributed by atoms with van der Waals surface area (Å²) in [6, 6.07) is 12.7. The molecule has 5 rings (SSSR count). The molecule has 2 amide bonds. The van der Waals surface area contributed by atoms with Crippen LogP contribution >= 0.6 is 0 Å². The molecule has 0 spiro atoms. The standard InChI is InChI=1S/C23H20FN5O4/c24-15-4-1-2-5-16(15)25-22(30)18-12-17(26-27-18)14-7-9-29(10-8-14)23(31)19-13-21(33-28-19)20-6-3-11-32-20/h1-6,11-14H,7-10H2,(H,25,30)(H,26,27). The molecule has 0 aliphatic carbocycles. The summed E-state index contributed by atoms with van der Waals surface area (Å²) in [4.78, 5) is 26.9. The predicted molar refractivity (Wildman–Crippen MR) is 115 cm³/mol. The normalized spacial score (nSPS) is 14.4. The Morgan fingerprint density at radius 3 is 2.64 bits per heavy atom. The number of aromatic nitrogens is 3. The minimum atomic E-state index is -0.512. The Hall–Kier alpha value is -4.21. The van der Waals surface area contributed by atoms with E-state index in [0.717, 1.165) is 5.69 Å². The molecule has 33 heavy (non-hydrogen) atoms. The lowest BCUT2D eigenvalue weighted by Gasteiger charge is -2.30. The number of amides is 2.